The average Bonchev–Trinajstić information content (AvgIpc) is 2.33. The van der Waals surface area contributed by atoms with Crippen molar-refractivity contribution in [3.8, 4) is 5.75 Å². The Bertz CT molecular complexity index is 873. The van der Waals surface area contributed by atoms with E-state index in [4.69, 9.17) is 15.4 Å². The highest BCUT2D eigenvalue weighted by Gasteiger charge is 2.34. The van der Waals surface area contributed by atoms with Crippen LogP contribution in [0.1, 0.15) is 5.56 Å². The van der Waals surface area contributed by atoms with Gasteiger partial charge >= 0.3 is 6.18 Å². The van der Waals surface area contributed by atoms with Gasteiger partial charge in [-0.2, -0.15) is 13.2 Å². The van der Waals surface area contributed by atoms with E-state index < -0.39 is 36.6 Å². The molecule has 0 atom stereocenters. The van der Waals surface area contributed by atoms with E-state index in [1.807, 2.05) is 0 Å². The van der Waals surface area contributed by atoms with Crippen LogP contribution in [0.25, 0.3) is 10.9 Å². The molecule has 0 bridgehead atoms. The number of ether oxygens (including phenoxy) is 1. The number of aromatic nitrogens is 1. The second kappa shape index (κ2) is 4.92. The topological polar surface area (TPSA) is 76.2 Å². The Morgan fingerprint density at radius 3 is 2.33 bits per heavy atom. The molecule has 0 aliphatic heterocycles. The van der Waals surface area contributed by atoms with Crippen molar-refractivity contribution in [3.05, 3.63) is 34.1 Å². The average molecular weight is 342 g/mol. The minimum absolute atomic E-state index is 0.212. The summed E-state index contributed by atoms with van der Waals surface area (Å²) >= 11 is 0. The molecule has 0 aliphatic rings. The van der Waals surface area contributed by atoms with Crippen molar-refractivity contribution in [3.63, 3.8) is 0 Å². The molecule has 1 N–H and O–H groups in total. The van der Waals surface area contributed by atoms with Gasteiger partial charge in [-0.15, -0.1) is 0 Å². The van der Waals surface area contributed by atoms with Gasteiger partial charge in [0.2, 0.25) is 5.56 Å². The van der Waals surface area contributed by atoms with Crippen LogP contribution in [0.3, 0.4) is 0 Å². The van der Waals surface area contributed by atoms with Gasteiger partial charge in [-0.05, 0) is 6.07 Å². The number of hydrogen-bond acceptors (Lipinski definition) is 4. The number of hydrogen-bond donors (Lipinski definition) is 1. The molecule has 0 saturated carbocycles. The first kappa shape index (κ1) is 15.6. The van der Waals surface area contributed by atoms with Gasteiger partial charge in [0.1, 0.15) is 10.6 Å². The third-order valence-electron chi connectivity index (χ3n) is 2.70. The molecule has 1 aromatic carbocycles. The van der Waals surface area contributed by atoms with E-state index in [0.29, 0.717) is 6.07 Å². The molecule has 0 unspecified atom stereocenters. The number of benzene rings is 1. The van der Waals surface area contributed by atoms with Crippen LogP contribution >= 0.6 is 10.7 Å². The predicted molar refractivity (Wildman–Crippen MR) is 69.2 cm³/mol. The lowest BCUT2D eigenvalue weighted by Gasteiger charge is -2.12. The van der Waals surface area contributed by atoms with Gasteiger partial charge in [0.05, 0.1) is 18.2 Å². The smallest absolute Gasteiger partial charge is 0.417 e. The van der Waals surface area contributed by atoms with Gasteiger partial charge in [0.15, 0.2) is 0 Å². The van der Waals surface area contributed by atoms with E-state index in [2.05, 4.69) is 4.98 Å². The van der Waals surface area contributed by atoms with Crippen LogP contribution < -0.4 is 10.3 Å². The van der Waals surface area contributed by atoms with Gasteiger partial charge in [-0.1, -0.05) is 0 Å². The number of methoxy groups -OCH3 is 1. The van der Waals surface area contributed by atoms with Crippen molar-refractivity contribution in [2.75, 3.05) is 7.11 Å². The van der Waals surface area contributed by atoms with Crippen molar-refractivity contribution >= 4 is 30.6 Å². The third-order valence-corrected chi connectivity index (χ3v) is 4.04. The van der Waals surface area contributed by atoms with E-state index >= 15 is 0 Å². The van der Waals surface area contributed by atoms with Crippen LogP contribution in [0.15, 0.2) is 27.9 Å². The quantitative estimate of drug-likeness (QED) is 0.851. The number of alkyl halides is 3. The molecule has 0 spiro atoms. The lowest BCUT2D eigenvalue weighted by atomic mass is 10.1. The van der Waals surface area contributed by atoms with E-state index in [1.54, 1.807) is 0 Å². The lowest BCUT2D eigenvalue weighted by molar-refractivity contribution is -0.136. The SMILES string of the molecule is COc1cc2[nH]c(=O)cc(C(F)(F)F)c2cc1S(=O)(=O)Cl. The fourth-order valence-corrected chi connectivity index (χ4v) is 2.85. The number of fused-ring (bicyclic) bond motifs is 1. The number of H-pyrrole nitrogens is 1. The Balaban J connectivity index is 3.00. The summed E-state index contributed by atoms with van der Waals surface area (Å²) in [5, 5.41) is -0.498. The van der Waals surface area contributed by atoms with Crippen molar-refractivity contribution in [2.24, 2.45) is 0 Å². The number of nitrogens with one attached hydrogen (secondary N) is 1. The Hall–Kier alpha value is -1.74. The van der Waals surface area contributed by atoms with Crippen LogP contribution in [-0.2, 0) is 15.2 Å². The maximum absolute atomic E-state index is 12.9. The fourth-order valence-electron chi connectivity index (χ4n) is 1.85. The van der Waals surface area contributed by atoms with Gasteiger partial charge in [-0.3, -0.25) is 4.79 Å². The molecule has 10 heteroatoms. The van der Waals surface area contributed by atoms with Crippen LogP contribution in [0, 0.1) is 0 Å². The summed E-state index contributed by atoms with van der Waals surface area (Å²) in [5.74, 6) is -0.271. The highest BCUT2D eigenvalue weighted by Crippen LogP contribution is 2.37. The molecule has 1 heterocycles. The Kier molecular flexibility index (Phi) is 3.66. The van der Waals surface area contributed by atoms with E-state index in [1.165, 1.54) is 0 Å². The minimum atomic E-state index is -4.82. The molecular formula is C11H7ClF3NO4S. The molecule has 2 rings (SSSR count). The second-order valence-electron chi connectivity index (χ2n) is 4.03. The monoisotopic (exact) mass is 341 g/mol. The first-order valence-electron chi connectivity index (χ1n) is 5.31. The van der Waals surface area contributed by atoms with Gasteiger partial charge in [-0.25, -0.2) is 8.42 Å². The zero-order valence-electron chi connectivity index (χ0n) is 10.3. The van der Waals surface area contributed by atoms with E-state index in [9.17, 15) is 26.4 Å². The third kappa shape index (κ3) is 2.98. The Morgan fingerprint density at radius 2 is 1.86 bits per heavy atom. The van der Waals surface area contributed by atoms with Gasteiger partial charge in [0.25, 0.3) is 9.05 Å². The van der Waals surface area contributed by atoms with Crippen molar-refractivity contribution in [1.29, 1.82) is 0 Å². The first-order valence-corrected chi connectivity index (χ1v) is 7.62. The van der Waals surface area contributed by atoms with Crippen LogP contribution in [0.2, 0.25) is 0 Å². The number of halogens is 4. The molecule has 1 aromatic heterocycles. The predicted octanol–water partition coefficient (Wildman–Crippen LogP) is 2.48. The summed E-state index contributed by atoms with van der Waals surface area (Å²) < 4.78 is 66.4. The molecule has 0 fully saturated rings. The van der Waals surface area contributed by atoms with Crippen molar-refractivity contribution < 1.29 is 26.3 Å². The standard InChI is InChI=1S/C11H7ClF3NO4S/c1-20-8-4-7-5(2-9(8)21(12,18)19)6(11(13,14)15)3-10(17)16-7/h2-4H,1H3,(H,16,17). The summed E-state index contributed by atoms with van der Waals surface area (Å²) in [5.41, 5.74) is -2.44. The second-order valence-corrected chi connectivity index (χ2v) is 6.57. The van der Waals surface area contributed by atoms with E-state index in [0.717, 1.165) is 19.2 Å². The fraction of sp³-hybridized carbons (Fsp3) is 0.182. The normalized spacial score (nSPS) is 12.6. The number of aromatic amines is 1. The molecule has 114 valence electrons. The minimum Gasteiger partial charge on any atom is -0.495 e. The summed E-state index contributed by atoms with van der Waals surface area (Å²) in [6.07, 6.45) is -4.82. The highest BCUT2D eigenvalue weighted by atomic mass is 35.7. The number of pyridine rings is 1. The van der Waals surface area contributed by atoms with Gasteiger partial charge in [0, 0.05) is 28.2 Å². The summed E-state index contributed by atoms with van der Waals surface area (Å²) in [6.45, 7) is 0. The van der Waals surface area contributed by atoms with Crippen LogP contribution in [-0.4, -0.2) is 20.5 Å². The molecule has 0 amide bonds. The first-order chi connectivity index (χ1) is 9.54. The lowest BCUT2D eigenvalue weighted by Crippen LogP contribution is -2.14. The van der Waals surface area contributed by atoms with Crippen LogP contribution in [0.4, 0.5) is 13.2 Å². The molecule has 5 nitrogen and oxygen atoms in total. The zero-order valence-corrected chi connectivity index (χ0v) is 11.9. The van der Waals surface area contributed by atoms with Crippen molar-refractivity contribution in [1.82, 2.24) is 4.98 Å². The highest BCUT2D eigenvalue weighted by molar-refractivity contribution is 8.13. The van der Waals surface area contributed by atoms with Crippen molar-refractivity contribution in [2.45, 2.75) is 11.1 Å². The zero-order chi connectivity index (χ0) is 16.0. The largest absolute Gasteiger partial charge is 0.495 e. The van der Waals surface area contributed by atoms with E-state index in [-0.39, 0.29) is 11.3 Å². The van der Waals surface area contributed by atoms with Gasteiger partial charge < -0.3 is 9.72 Å². The summed E-state index contributed by atoms with van der Waals surface area (Å²) in [6, 6.07) is 2.04. The maximum atomic E-state index is 12.9. The Morgan fingerprint density at radius 1 is 1.24 bits per heavy atom. The molecular weight excluding hydrogens is 335 g/mol. The molecule has 0 saturated heterocycles. The Labute approximate surface area is 120 Å². The molecule has 2 aromatic rings. The maximum Gasteiger partial charge on any atom is 0.417 e. The summed E-state index contributed by atoms with van der Waals surface area (Å²) in [4.78, 5) is 12.9. The summed E-state index contributed by atoms with van der Waals surface area (Å²) in [7, 11) is 1.98. The van der Waals surface area contributed by atoms with Crippen LogP contribution in [0.5, 0.6) is 5.75 Å². The molecule has 0 aliphatic carbocycles. The molecule has 0 radical (unpaired) electrons. The number of rotatable bonds is 2. The molecule has 21 heavy (non-hydrogen) atoms.